The number of anilines is 1. The fourth-order valence-corrected chi connectivity index (χ4v) is 9.14. The summed E-state index contributed by atoms with van der Waals surface area (Å²) in [5.74, 6) is 0.296. The summed E-state index contributed by atoms with van der Waals surface area (Å²) in [6.45, 7) is 2.42. The highest BCUT2D eigenvalue weighted by Gasteiger charge is 2.55. The fourth-order valence-electron chi connectivity index (χ4n) is 7.87. The number of benzene rings is 5. The van der Waals surface area contributed by atoms with Gasteiger partial charge in [-0.05, 0) is 57.2 Å². The maximum atomic E-state index is 3.85. The lowest BCUT2D eigenvalue weighted by molar-refractivity contribution is 0.554. The van der Waals surface area contributed by atoms with E-state index in [1.807, 2.05) is 11.3 Å². The zero-order valence-electron chi connectivity index (χ0n) is 22.2. The quantitative estimate of drug-likeness (QED) is 0.235. The molecule has 5 aromatic carbocycles. The van der Waals surface area contributed by atoms with Crippen LogP contribution in [0, 0.1) is 5.92 Å². The number of hydrogen-bond donors (Lipinski definition) is 1. The van der Waals surface area contributed by atoms with E-state index in [2.05, 4.69) is 140 Å². The Morgan fingerprint density at radius 1 is 0.650 bits per heavy atom. The van der Waals surface area contributed by atoms with Crippen LogP contribution in [0.15, 0.2) is 133 Å². The predicted octanol–water partition coefficient (Wildman–Crippen LogP) is 9.82. The Kier molecular flexibility index (Phi) is 4.52. The van der Waals surface area contributed by atoms with E-state index in [4.69, 9.17) is 0 Å². The van der Waals surface area contributed by atoms with Crippen LogP contribution in [0.2, 0.25) is 0 Å². The van der Waals surface area contributed by atoms with Crippen LogP contribution in [0.4, 0.5) is 5.69 Å². The van der Waals surface area contributed by atoms with Crippen LogP contribution in [-0.4, -0.2) is 6.04 Å². The van der Waals surface area contributed by atoms with E-state index in [9.17, 15) is 0 Å². The molecule has 0 amide bonds. The van der Waals surface area contributed by atoms with Crippen LogP contribution in [0.3, 0.4) is 0 Å². The van der Waals surface area contributed by atoms with Crippen LogP contribution < -0.4 is 5.32 Å². The van der Waals surface area contributed by atoms with Gasteiger partial charge in [-0.25, -0.2) is 0 Å². The van der Waals surface area contributed by atoms with Crippen molar-refractivity contribution in [3.05, 3.63) is 155 Å². The molecular weight excluding hydrogens is 502 g/mol. The Morgan fingerprint density at radius 2 is 1.35 bits per heavy atom. The average Bonchev–Trinajstić information content (AvgIpc) is 3.63. The van der Waals surface area contributed by atoms with Gasteiger partial charge in [-0.2, -0.15) is 0 Å². The minimum Gasteiger partial charge on any atom is -0.378 e. The molecule has 0 bridgehead atoms. The Labute approximate surface area is 238 Å². The van der Waals surface area contributed by atoms with Gasteiger partial charge >= 0.3 is 0 Å². The summed E-state index contributed by atoms with van der Waals surface area (Å²) in [6.07, 6.45) is 4.77. The largest absolute Gasteiger partial charge is 0.378 e. The van der Waals surface area contributed by atoms with Gasteiger partial charge < -0.3 is 5.32 Å². The SMILES string of the molecule is CC1C2=C(C=CC1Nc1ccccc1)c1ccccc1C21c2ccccc2-c2c1ccc1c2sc2ccccc21. The molecule has 40 heavy (non-hydrogen) atoms. The standard InChI is InChI=1S/C38H27NS/c1-23-33(39-24-11-3-2-4-12-24)22-20-27-25-13-5-8-16-30(25)38(36(23)27)31-17-9-6-15-29(31)35-32(38)21-19-28-26-14-7-10-18-34(26)40-37(28)35/h2-23,33,39H,1H3. The second-order valence-corrected chi connectivity index (χ2v) is 12.4. The molecule has 0 saturated carbocycles. The van der Waals surface area contributed by atoms with E-state index in [1.165, 1.54) is 64.7 Å². The number of rotatable bonds is 2. The van der Waals surface area contributed by atoms with Crippen LogP contribution in [0.5, 0.6) is 0 Å². The molecule has 3 aliphatic carbocycles. The van der Waals surface area contributed by atoms with Gasteiger partial charge in [-0.3, -0.25) is 0 Å². The number of para-hydroxylation sites is 1. The summed E-state index contributed by atoms with van der Waals surface area (Å²) in [5, 5.41) is 6.58. The van der Waals surface area contributed by atoms with Crippen LogP contribution in [0.25, 0.3) is 36.9 Å². The molecule has 2 heteroatoms. The minimum atomic E-state index is -0.303. The summed E-state index contributed by atoms with van der Waals surface area (Å²) >= 11 is 1.94. The monoisotopic (exact) mass is 529 g/mol. The number of fused-ring (bicyclic) bond motifs is 13. The highest BCUT2D eigenvalue weighted by molar-refractivity contribution is 7.26. The smallest absolute Gasteiger partial charge is 0.0692 e. The molecule has 1 aromatic heterocycles. The third-order valence-corrected chi connectivity index (χ3v) is 10.6. The molecule has 0 saturated heterocycles. The molecule has 190 valence electrons. The maximum Gasteiger partial charge on any atom is 0.0692 e. The van der Waals surface area contributed by atoms with Crippen molar-refractivity contribution in [3.8, 4) is 11.1 Å². The van der Waals surface area contributed by atoms with E-state index >= 15 is 0 Å². The van der Waals surface area contributed by atoms with Gasteiger partial charge in [0.1, 0.15) is 0 Å². The van der Waals surface area contributed by atoms with Gasteiger partial charge in [-0.15, -0.1) is 11.3 Å². The van der Waals surface area contributed by atoms with Gasteiger partial charge in [0.25, 0.3) is 0 Å². The summed E-state index contributed by atoms with van der Waals surface area (Å²) in [7, 11) is 0. The Morgan fingerprint density at radius 3 is 2.20 bits per heavy atom. The topological polar surface area (TPSA) is 12.0 Å². The van der Waals surface area contributed by atoms with Crippen molar-refractivity contribution in [1.29, 1.82) is 0 Å². The second-order valence-electron chi connectivity index (χ2n) is 11.3. The third kappa shape index (κ3) is 2.72. The van der Waals surface area contributed by atoms with Gasteiger partial charge in [0.05, 0.1) is 11.5 Å². The fraction of sp³-hybridized carbons (Fsp3) is 0.105. The van der Waals surface area contributed by atoms with Gasteiger partial charge in [0.15, 0.2) is 0 Å². The Balaban J connectivity index is 1.36. The molecular formula is C38H27NS. The van der Waals surface area contributed by atoms with E-state index in [0.29, 0.717) is 5.92 Å². The van der Waals surface area contributed by atoms with E-state index in [0.717, 1.165) is 5.69 Å². The number of nitrogens with one attached hydrogen (secondary N) is 1. The molecule has 3 atom stereocenters. The van der Waals surface area contributed by atoms with Crippen molar-refractivity contribution < 1.29 is 0 Å². The highest BCUT2D eigenvalue weighted by Crippen LogP contribution is 2.66. The van der Waals surface area contributed by atoms with Crippen molar-refractivity contribution in [2.45, 2.75) is 18.4 Å². The van der Waals surface area contributed by atoms with Gasteiger partial charge in [0, 0.05) is 37.3 Å². The van der Waals surface area contributed by atoms with Gasteiger partial charge in [-0.1, -0.05) is 116 Å². The molecule has 3 aliphatic rings. The highest BCUT2D eigenvalue weighted by atomic mass is 32.1. The molecule has 0 aliphatic heterocycles. The second kappa shape index (κ2) is 8.06. The molecule has 6 aromatic rings. The molecule has 1 N–H and O–H groups in total. The van der Waals surface area contributed by atoms with Crippen LogP contribution in [-0.2, 0) is 5.41 Å². The first-order valence-electron chi connectivity index (χ1n) is 14.2. The first-order valence-corrected chi connectivity index (χ1v) is 15.0. The summed E-state index contributed by atoms with van der Waals surface area (Å²) in [6, 6.07) is 42.9. The van der Waals surface area contributed by atoms with Crippen molar-refractivity contribution in [3.63, 3.8) is 0 Å². The molecule has 3 unspecified atom stereocenters. The lowest BCUT2D eigenvalue weighted by atomic mass is 9.64. The number of allylic oxidation sites excluding steroid dienone is 2. The molecule has 0 fully saturated rings. The molecule has 1 nitrogen and oxygen atoms in total. The average molecular weight is 530 g/mol. The molecule has 9 rings (SSSR count). The molecule has 0 radical (unpaired) electrons. The predicted molar refractivity (Wildman–Crippen MR) is 170 cm³/mol. The Hall–Kier alpha value is -4.40. The lowest BCUT2D eigenvalue weighted by Crippen LogP contribution is -2.37. The van der Waals surface area contributed by atoms with Gasteiger partial charge in [0.2, 0.25) is 0 Å². The number of hydrogen-bond acceptors (Lipinski definition) is 2. The third-order valence-electron chi connectivity index (χ3n) is 9.44. The number of thiophene rings is 1. The lowest BCUT2D eigenvalue weighted by Gasteiger charge is -2.39. The zero-order chi connectivity index (χ0) is 26.4. The van der Waals surface area contributed by atoms with E-state index in [1.54, 1.807) is 0 Å². The van der Waals surface area contributed by atoms with Crippen molar-refractivity contribution in [1.82, 2.24) is 0 Å². The van der Waals surface area contributed by atoms with E-state index in [-0.39, 0.29) is 11.5 Å². The van der Waals surface area contributed by atoms with Crippen molar-refractivity contribution in [2.75, 3.05) is 5.32 Å². The summed E-state index contributed by atoms with van der Waals surface area (Å²) in [4.78, 5) is 0. The molecule has 1 heterocycles. The normalized spacial score (nSPS) is 22.0. The van der Waals surface area contributed by atoms with Crippen LogP contribution >= 0.6 is 11.3 Å². The summed E-state index contributed by atoms with van der Waals surface area (Å²) in [5.41, 5.74) is 12.2. The first kappa shape index (κ1) is 22.4. The van der Waals surface area contributed by atoms with Crippen molar-refractivity contribution >= 4 is 42.8 Å². The zero-order valence-corrected chi connectivity index (χ0v) is 23.0. The van der Waals surface area contributed by atoms with Crippen molar-refractivity contribution in [2.24, 2.45) is 5.92 Å². The van der Waals surface area contributed by atoms with E-state index < -0.39 is 0 Å². The summed E-state index contributed by atoms with van der Waals surface area (Å²) < 4.78 is 2.77. The first-order chi connectivity index (χ1) is 19.8. The molecule has 1 spiro atoms. The Bertz CT molecular complexity index is 2060. The maximum absolute atomic E-state index is 3.85. The van der Waals surface area contributed by atoms with Crippen LogP contribution in [0.1, 0.15) is 29.2 Å². The minimum absolute atomic E-state index is 0.205.